The number of ether oxygens (including phenoxy) is 1. The number of nitrogens with zero attached hydrogens (tertiary/aromatic N) is 1. The van der Waals surface area contributed by atoms with E-state index < -0.39 is 47.6 Å². The molecule has 0 spiro atoms. The number of nitrogens with two attached hydrogens (primary N) is 1. The fourth-order valence-electron chi connectivity index (χ4n) is 3.20. The summed E-state index contributed by atoms with van der Waals surface area (Å²) in [7, 11) is -5.88. The highest BCUT2D eigenvalue weighted by Gasteiger charge is 2.47. The number of carbonyl (C=O) groups excluding carboxylic acids is 2. The summed E-state index contributed by atoms with van der Waals surface area (Å²) in [6, 6.07) is -0.810. The molecule has 0 aromatic carbocycles. The number of rotatable bonds is 10. The van der Waals surface area contributed by atoms with E-state index in [4.69, 9.17) is 19.1 Å². The van der Waals surface area contributed by atoms with Crippen molar-refractivity contribution < 1.29 is 31.4 Å². The zero-order valence-corrected chi connectivity index (χ0v) is 23.4. The van der Waals surface area contributed by atoms with Crippen molar-refractivity contribution in [1.29, 1.82) is 0 Å². The maximum Gasteiger partial charge on any atom is 0.410 e. The third kappa shape index (κ3) is 9.16. The lowest BCUT2D eigenvalue weighted by molar-refractivity contribution is -0.121. The summed E-state index contributed by atoms with van der Waals surface area (Å²) < 4.78 is 40.3. The molecule has 10 nitrogen and oxygen atoms in total. The lowest BCUT2D eigenvalue weighted by Gasteiger charge is -2.40. The second kappa shape index (κ2) is 10.6. The van der Waals surface area contributed by atoms with E-state index in [9.17, 15) is 18.0 Å². The molecule has 1 rings (SSSR count). The zero-order valence-electron chi connectivity index (χ0n) is 21.6. The molecule has 0 saturated carbocycles. The summed E-state index contributed by atoms with van der Waals surface area (Å²) in [5, 5.41) is 3.07. The Balaban J connectivity index is 3.09. The van der Waals surface area contributed by atoms with Gasteiger partial charge in [0.25, 0.3) is 10.1 Å². The molecule has 1 aliphatic heterocycles. The quantitative estimate of drug-likeness (QED) is 0.338. The molecular formula is C21H43N3O7SSi. The standard InChI is InChI=1S/C21H43N3O7SSi/c1-19(2,3)31-18(26)24-12-10-11-21(24,15-29-32(7,27)28)14-23-16(17(22)25)13-30-33(8,9)20(4,5)6/h16,23H,10-15H2,1-9H3,(H2,22,25). The van der Waals surface area contributed by atoms with E-state index in [0.717, 1.165) is 6.26 Å². The Morgan fingerprint density at radius 3 is 2.21 bits per heavy atom. The van der Waals surface area contributed by atoms with Gasteiger partial charge in [0.1, 0.15) is 11.6 Å². The van der Waals surface area contributed by atoms with Crippen LogP contribution in [0.1, 0.15) is 54.4 Å². The summed E-state index contributed by atoms with van der Waals surface area (Å²) in [6.45, 7) is 16.0. The fourth-order valence-corrected chi connectivity index (χ4v) is 4.65. The molecule has 33 heavy (non-hydrogen) atoms. The first-order valence-corrected chi connectivity index (χ1v) is 15.9. The van der Waals surface area contributed by atoms with E-state index in [-0.39, 0.29) is 24.8 Å². The van der Waals surface area contributed by atoms with Gasteiger partial charge in [0.05, 0.1) is 25.0 Å². The zero-order chi connectivity index (χ0) is 25.9. The highest BCUT2D eigenvalue weighted by molar-refractivity contribution is 7.85. The molecule has 0 aromatic heterocycles. The second-order valence-corrected chi connectivity index (χ2v) is 17.8. The molecule has 0 aliphatic carbocycles. The Labute approximate surface area is 200 Å². The summed E-state index contributed by atoms with van der Waals surface area (Å²) in [6.07, 6.45) is 1.51. The lowest BCUT2D eigenvalue weighted by Crippen LogP contribution is -2.60. The van der Waals surface area contributed by atoms with Crippen LogP contribution in [0.4, 0.5) is 4.79 Å². The topological polar surface area (TPSA) is 137 Å². The van der Waals surface area contributed by atoms with Crippen molar-refractivity contribution in [2.75, 3.05) is 32.6 Å². The van der Waals surface area contributed by atoms with Crippen molar-refractivity contribution in [3.05, 3.63) is 0 Å². The Kier molecular flexibility index (Phi) is 9.57. The summed E-state index contributed by atoms with van der Waals surface area (Å²) in [5.74, 6) is -0.588. The van der Waals surface area contributed by atoms with Gasteiger partial charge in [-0.25, -0.2) is 4.79 Å². The van der Waals surface area contributed by atoms with Crippen LogP contribution in [-0.4, -0.2) is 83.4 Å². The molecule has 3 N–H and O–H groups in total. The SMILES string of the molecule is CC(C)(C)OC(=O)N1CCCC1(CNC(CO[Si](C)(C)C(C)(C)C)C(N)=O)COS(C)(=O)=O. The predicted octanol–water partition coefficient (Wildman–Crippen LogP) is 2.20. The largest absolute Gasteiger partial charge is 0.444 e. The number of hydrogen-bond donors (Lipinski definition) is 2. The van der Waals surface area contributed by atoms with Gasteiger partial charge >= 0.3 is 6.09 Å². The fraction of sp³-hybridized carbons (Fsp3) is 0.905. The van der Waals surface area contributed by atoms with Crippen molar-refractivity contribution >= 4 is 30.4 Å². The van der Waals surface area contributed by atoms with Gasteiger partial charge in [-0.2, -0.15) is 8.42 Å². The van der Waals surface area contributed by atoms with Crippen molar-refractivity contribution in [3.8, 4) is 0 Å². The number of nitrogens with one attached hydrogen (secondary N) is 1. The molecule has 2 atom stereocenters. The average molecular weight is 510 g/mol. The summed E-state index contributed by atoms with van der Waals surface area (Å²) in [5.41, 5.74) is 3.89. The maximum absolute atomic E-state index is 12.9. The van der Waals surface area contributed by atoms with Crippen LogP contribution in [0, 0.1) is 0 Å². The van der Waals surface area contributed by atoms with E-state index in [1.165, 1.54) is 4.90 Å². The van der Waals surface area contributed by atoms with Gasteiger partial charge in [-0.1, -0.05) is 20.8 Å². The first-order chi connectivity index (χ1) is 14.7. The molecular weight excluding hydrogens is 466 g/mol. The monoisotopic (exact) mass is 509 g/mol. The van der Waals surface area contributed by atoms with Gasteiger partial charge in [-0.3, -0.25) is 13.9 Å². The molecule has 0 aromatic rings. The van der Waals surface area contributed by atoms with Crippen LogP contribution in [0.3, 0.4) is 0 Å². The summed E-state index contributed by atoms with van der Waals surface area (Å²) in [4.78, 5) is 26.6. The van der Waals surface area contributed by atoms with Gasteiger partial charge in [0, 0.05) is 13.1 Å². The molecule has 0 radical (unpaired) electrons. The molecule has 0 bridgehead atoms. The van der Waals surface area contributed by atoms with E-state index in [0.29, 0.717) is 19.4 Å². The van der Waals surface area contributed by atoms with Crippen LogP contribution >= 0.6 is 0 Å². The summed E-state index contributed by atoms with van der Waals surface area (Å²) >= 11 is 0. The molecule has 12 heteroatoms. The van der Waals surface area contributed by atoms with Crippen LogP contribution in [0.25, 0.3) is 0 Å². The Hall–Kier alpha value is -1.21. The average Bonchev–Trinajstić information content (AvgIpc) is 3.01. The minimum atomic E-state index is -3.75. The first-order valence-electron chi connectivity index (χ1n) is 11.2. The van der Waals surface area contributed by atoms with E-state index in [1.54, 1.807) is 20.8 Å². The van der Waals surface area contributed by atoms with Crippen molar-refractivity contribution in [2.24, 2.45) is 5.73 Å². The third-order valence-electron chi connectivity index (χ3n) is 6.19. The minimum Gasteiger partial charge on any atom is -0.444 e. The molecule has 1 saturated heterocycles. The van der Waals surface area contributed by atoms with E-state index >= 15 is 0 Å². The number of amides is 2. The highest BCUT2D eigenvalue weighted by Crippen LogP contribution is 2.36. The van der Waals surface area contributed by atoms with Crippen LogP contribution < -0.4 is 11.1 Å². The smallest absolute Gasteiger partial charge is 0.410 e. The molecule has 1 fully saturated rings. The van der Waals surface area contributed by atoms with Crippen molar-refractivity contribution in [3.63, 3.8) is 0 Å². The Morgan fingerprint density at radius 2 is 1.76 bits per heavy atom. The highest BCUT2D eigenvalue weighted by atomic mass is 32.2. The van der Waals surface area contributed by atoms with Gasteiger partial charge in [-0.05, 0) is 51.7 Å². The first kappa shape index (κ1) is 29.8. The Bertz CT molecular complexity index is 806. The minimum absolute atomic E-state index is 0.0429. The van der Waals surface area contributed by atoms with Crippen LogP contribution in [0.5, 0.6) is 0 Å². The molecule has 2 unspecified atom stereocenters. The van der Waals surface area contributed by atoms with Gasteiger partial charge < -0.3 is 20.2 Å². The molecule has 2 amide bonds. The third-order valence-corrected chi connectivity index (χ3v) is 11.2. The molecule has 1 heterocycles. The van der Waals surface area contributed by atoms with E-state index in [1.807, 2.05) is 0 Å². The number of primary amides is 1. The van der Waals surface area contributed by atoms with E-state index in [2.05, 4.69) is 39.2 Å². The molecule has 194 valence electrons. The van der Waals surface area contributed by atoms with Crippen molar-refractivity contribution in [2.45, 2.75) is 89.7 Å². The van der Waals surface area contributed by atoms with Gasteiger partial charge in [-0.15, -0.1) is 0 Å². The Morgan fingerprint density at radius 1 is 1.18 bits per heavy atom. The van der Waals surface area contributed by atoms with Gasteiger partial charge in [0.2, 0.25) is 5.91 Å². The number of hydrogen-bond acceptors (Lipinski definition) is 8. The van der Waals surface area contributed by atoms with Crippen LogP contribution in [0.15, 0.2) is 0 Å². The normalized spacial score (nSPS) is 21.2. The lowest BCUT2D eigenvalue weighted by atomic mass is 9.97. The number of likely N-dealkylation sites (tertiary alicyclic amines) is 1. The van der Waals surface area contributed by atoms with Crippen LogP contribution in [0.2, 0.25) is 18.1 Å². The van der Waals surface area contributed by atoms with Crippen LogP contribution in [-0.2, 0) is 28.3 Å². The second-order valence-electron chi connectivity index (χ2n) is 11.3. The number of carbonyl (C=O) groups is 2. The maximum atomic E-state index is 12.9. The molecule has 1 aliphatic rings. The van der Waals surface area contributed by atoms with Crippen molar-refractivity contribution in [1.82, 2.24) is 10.2 Å². The van der Waals surface area contributed by atoms with Gasteiger partial charge in [0.15, 0.2) is 8.32 Å². The predicted molar refractivity (Wildman–Crippen MR) is 130 cm³/mol.